The van der Waals surface area contributed by atoms with Gasteiger partial charge in [0.25, 0.3) is 0 Å². The molecule has 0 saturated carbocycles. The van der Waals surface area contributed by atoms with Gasteiger partial charge in [0.2, 0.25) is 5.43 Å². The van der Waals surface area contributed by atoms with Crippen molar-refractivity contribution in [2.45, 2.75) is 54.4 Å². The van der Waals surface area contributed by atoms with Crippen LogP contribution in [0.25, 0.3) is 21.9 Å². The molecule has 3 aromatic rings. The van der Waals surface area contributed by atoms with Crippen LogP contribution in [-0.2, 0) is 12.8 Å². The predicted molar refractivity (Wildman–Crippen MR) is 154 cm³/mol. The van der Waals surface area contributed by atoms with E-state index in [0.29, 0.717) is 18.7 Å². The fourth-order valence-electron chi connectivity index (χ4n) is 4.16. The van der Waals surface area contributed by atoms with Crippen LogP contribution in [0.4, 0.5) is 9.59 Å². The smallest absolute Gasteiger partial charge is 0.412 e. The molecule has 40 heavy (non-hydrogen) atoms. The third-order valence-electron chi connectivity index (χ3n) is 5.99. The van der Waals surface area contributed by atoms with Gasteiger partial charge in [0.1, 0.15) is 28.1 Å². The van der Waals surface area contributed by atoms with E-state index >= 15 is 0 Å². The zero-order chi connectivity index (χ0) is 29.6. The number of phenols is 1. The lowest BCUT2D eigenvalue weighted by Crippen LogP contribution is -2.26. The van der Waals surface area contributed by atoms with Gasteiger partial charge in [0.05, 0.1) is 12.5 Å². The Bertz CT molecular complexity index is 1560. The first-order chi connectivity index (χ1) is 19.0. The van der Waals surface area contributed by atoms with Crippen LogP contribution in [-0.4, -0.2) is 37.5 Å². The minimum Gasteiger partial charge on any atom is -0.507 e. The second-order valence-electron chi connectivity index (χ2n) is 9.58. The van der Waals surface area contributed by atoms with Crippen molar-refractivity contribution in [1.29, 1.82) is 0 Å². The summed E-state index contributed by atoms with van der Waals surface area (Å²) in [4.78, 5) is 38.6. The van der Waals surface area contributed by atoms with E-state index in [2.05, 4.69) is 10.6 Å². The maximum atomic E-state index is 14.1. The molecule has 1 heterocycles. The van der Waals surface area contributed by atoms with Gasteiger partial charge in [-0.2, -0.15) is 0 Å². The quantitative estimate of drug-likeness (QED) is 0.221. The van der Waals surface area contributed by atoms with E-state index in [9.17, 15) is 19.5 Å². The topological polar surface area (TPSA) is 136 Å². The summed E-state index contributed by atoms with van der Waals surface area (Å²) in [5.74, 6) is -0.0418. The number of nitrogens with one attached hydrogen (secondary N) is 2. The minimum absolute atomic E-state index is 0.00228. The average Bonchev–Trinajstić information content (AvgIpc) is 2.86. The number of hydrogen-bond acceptors (Lipinski definition) is 8. The summed E-state index contributed by atoms with van der Waals surface area (Å²) in [5, 5.41) is 16.6. The molecule has 0 atom stereocenters. The summed E-state index contributed by atoms with van der Waals surface area (Å²) in [6, 6.07) is 2.80. The Kier molecular flexibility index (Phi) is 9.82. The summed E-state index contributed by atoms with van der Waals surface area (Å²) in [6.45, 7) is 11.8. The normalized spacial score (nSPS) is 10.7. The second-order valence-corrected chi connectivity index (χ2v) is 9.58. The lowest BCUT2D eigenvalue weighted by atomic mass is 9.98. The van der Waals surface area contributed by atoms with E-state index < -0.39 is 17.6 Å². The highest BCUT2D eigenvalue weighted by molar-refractivity contribution is 5.98. The monoisotopic (exact) mass is 552 g/mol. The molecule has 0 radical (unpaired) electrons. The Morgan fingerprint density at radius 3 is 1.88 bits per heavy atom. The molecule has 3 rings (SSSR count). The number of fused-ring (bicyclic) bond motifs is 2. The fraction of sp³-hybridized carbons (Fsp3) is 0.367. The number of ether oxygens (including phenoxy) is 3. The molecule has 0 saturated heterocycles. The molecular formula is C30H36N2O8. The van der Waals surface area contributed by atoms with Crippen molar-refractivity contribution in [3.05, 3.63) is 56.8 Å². The van der Waals surface area contributed by atoms with Gasteiger partial charge in [-0.1, -0.05) is 23.3 Å². The maximum absolute atomic E-state index is 14.1. The van der Waals surface area contributed by atoms with Crippen molar-refractivity contribution < 1.29 is 33.3 Å². The SMILES string of the molecule is CCNC(=O)Oc1cc2oc3cc(OC(=O)NCC)c(OC)c(CC=C(C)C)c3c(=O)c2c(O)c1CC=C(C)C. The van der Waals surface area contributed by atoms with E-state index in [4.69, 9.17) is 18.6 Å². The van der Waals surface area contributed by atoms with Crippen LogP contribution in [0.5, 0.6) is 23.0 Å². The largest absolute Gasteiger partial charge is 0.507 e. The number of carbonyl (C=O) groups excluding carboxylic acids is 2. The maximum Gasteiger partial charge on any atom is 0.412 e. The zero-order valence-electron chi connectivity index (χ0n) is 23.9. The van der Waals surface area contributed by atoms with Crippen LogP contribution < -0.4 is 30.3 Å². The number of allylic oxidation sites excluding steroid dienone is 4. The van der Waals surface area contributed by atoms with Crippen molar-refractivity contribution >= 4 is 34.1 Å². The highest BCUT2D eigenvalue weighted by Gasteiger charge is 2.25. The van der Waals surface area contributed by atoms with E-state index in [-0.39, 0.29) is 63.3 Å². The number of hydrogen-bond donors (Lipinski definition) is 3. The lowest BCUT2D eigenvalue weighted by molar-refractivity contribution is 0.198. The van der Waals surface area contributed by atoms with Crippen LogP contribution in [0.15, 0.2) is 44.6 Å². The molecule has 2 amide bonds. The summed E-state index contributed by atoms with van der Waals surface area (Å²) in [6.07, 6.45) is 2.82. The average molecular weight is 553 g/mol. The zero-order valence-corrected chi connectivity index (χ0v) is 23.9. The van der Waals surface area contributed by atoms with E-state index in [1.807, 2.05) is 39.8 Å². The molecule has 0 spiro atoms. The first-order valence-corrected chi connectivity index (χ1v) is 13.1. The van der Waals surface area contributed by atoms with Crippen LogP contribution in [0.3, 0.4) is 0 Å². The van der Waals surface area contributed by atoms with Crippen LogP contribution in [0.2, 0.25) is 0 Å². The molecule has 10 nitrogen and oxygen atoms in total. The van der Waals surface area contributed by atoms with Crippen molar-refractivity contribution in [2.75, 3.05) is 20.2 Å². The van der Waals surface area contributed by atoms with Gasteiger partial charge < -0.3 is 34.4 Å². The first-order valence-electron chi connectivity index (χ1n) is 13.1. The Balaban J connectivity index is 2.44. The number of methoxy groups -OCH3 is 1. The Morgan fingerprint density at radius 2 is 1.35 bits per heavy atom. The van der Waals surface area contributed by atoms with E-state index in [0.717, 1.165) is 11.1 Å². The summed E-state index contributed by atoms with van der Waals surface area (Å²) in [5.41, 5.74) is 2.27. The van der Waals surface area contributed by atoms with E-state index in [1.165, 1.54) is 19.2 Å². The molecule has 0 aliphatic rings. The first kappa shape index (κ1) is 30.1. The third kappa shape index (κ3) is 6.56. The Hall–Kier alpha value is -4.47. The number of rotatable bonds is 9. The Morgan fingerprint density at radius 1 is 0.850 bits per heavy atom. The van der Waals surface area contributed by atoms with Gasteiger partial charge in [-0.05, 0) is 54.4 Å². The van der Waals surface area contributed by atoms with Gasteiger partial charge in [0, 0.05) is 36.3 Å². The molecule has 214 valence electrons. The third-order valence-corrected chi connectivity index (χ3v) is 5.99. The number of aromatic hydroxyl groups is 1. The van der Waals surface area contributed by atoms with Crippen LogP contribution in [0, 0.1) is 0 Å². The lowest BCUT2D eigenvalue weighted by Gasteiger charge is -2.17. The predicted octanol–water partition coefficient (Wildman–Crippen LogP) is 5.89. The molecule has 0 unspecified atom stereocenters. The molecule has 0 aliphatic carbocycles. The van der Waals surface area contributed by atoms with Crippen molar-refractivity contribution in [3.63, 3.8) is 0 Å². The molecule has 0 bridgehead atoms. The molecule has 3 N–H and O–H groups in total. The van der Waals surface area contributed by atoms with Crippen molar-refractivity contribution in [1.82, 2.24) is 10.6 Å². The van der Waals surface area contributed by atoms with Gasteiger partial charge in [-0.25, -0.2) is 9.59 Å². The van der Waals surface area contributed by atoms with Crippen LogP contribution >= 0.6 is 0 Å². The highest BCUT2D eigenvalue weighted by Crippen LogP contribution is 2.41. The Labute approximate surface area is 232 Å². The number of carbonyl (C=O) groups is 2. The number of amides is 2. The van der Waals surface area contributed by atoms with Crippen molar-refractivity contribution in [3.8, 4) is 23.0 Å². The van der Waals surface area contributed by atoms with Crippen molar-refractivity contribution in [2.24, 2.45) is 0 Å². The minimum atomic E-state index is -0.714. The highest BCUT2D eigenvalue weighted by atomic mass is 16.6. The van der Waals surface area contributed by atoms with Gasteiger partial charge in [0.15, 0.2) is 11.5 Å². The number of phenolic OH excluding ortho intramolecular Hbond substituents is 1. The molecule has 0 fully saturated rings. The molecule has 10 heteroatoms. The summed E-state index contributed by atoms with van der Waals surface area (Å²) < 4.78 is 22.7. The summed E-state index contributed by atoms with van der Waals surface area (Å²) >= 11 is 0. The standard InChI is InChI=1S/C30H36N2O8/c1-8-31-29(35)39-20-14-22-25(26(33)18(20)12-10-16(3)4)27(34)24-19(13-11-17(5)6)28(37-7)23(15-21(24)38-22)40-30(36)32-9-2/h10-11,14-15,33H,8-9,12-13H2,1-7H3,(H,31,35)(H,32,36). The van der Waals surface area contributed by atoms with Gasteiger partial charge in [-0.15, -0.1) is 0 Å². The molecule has 2 aromatic carbocycles. The van der Waals surface area contributed by atoms with Gasteiger partial charge in [-0.3, -0.25) is 4.79 Å². The molecule has 0 aliphatic heterocycles. The second kappa shape index (κ2) is 13.1. The summed E-state index contributed by atoms with van der Waals surface area (Å²) in [7, 11) is 1.42. The van der Waals surface area contributed by atoms with Crippen LogP contribution in [0.1, 0.15) is 52.7 Å². The number of benzene rings is 2. The molecular weight excluding hydrogens is 516 g/mol. The molecule has 1 aromatic heterocycles. The van der Waals surface area contributed by atoms with Gasteiger partial charge >= 0.3 is 12.2 Å². The van der Waals surface area contributed by atoms with E-state index in [1.54, 1.807) is 13.8 Å². The fourth-order valence-corrected chi connectivity index (χ4v) is 4.16.